The predicted molar refractivity (Wildman–Crippen MR) is 103 cm³/mol. The lowest BCUT2D eigenvalue weighted by Crippen LogP contribution is -2.12. The number of rotatable bonds is 12. The van der Waals surface area contributed by atoms with Crippen molar-refractivity contribution in [1.82, 2.24) is 4.90 Å². The molecular weight excluding hydrogens is 282 g/mol. The standard InChI is InChI=1S/C14H31N.C3H10Si.ClH/c1-4-5-6-7-8-9-10-11-12-13-14-15(2)3;1-2-3-4;/h4-14H2,1-3H3;2-3H2,1,4H3;1H. The Morgan fingerprint density at radius 1 is 0.650 bits per heavy atom. The topological polar surface area (TPSA) is 3.24 Å². The van der Waals surface area contributed by atoms with E-state index in [9.17, 15) is 0 Å². The van der Waals surface area contributed by atoms with Crippen LogP contribution in [0.25, 0.3) is 0 Å². The van der Waals surface area contributed by atoms with Gasteiger partial charge in [-0.05, 0) is 27.1 Å². The van der Waals surface area contributed by atoms with Gasteiger partial charge in [0.05, 0.1) is 0 Å². The van der Waals surface area contributed by atoms with Crippen LogP contribution < -0.4 is 0 Å². The molecule has 0 aliphatic heterocycles. The molecule has 0 heterocycles. The molecule has 0 saturated heterocycles. The van der Waals surface area contributed by atoms with Crippen LogP contribution in [0, 0.1) is 0 Å². The van der Waals surface area contributed by atoms with E-state index in [0.717, 1.165) is 0 Å². The Hall–Kier alpha value is 0.467. The highest BCUT2D eigenvalue weighted by atomic mass is 35.5. The van der Waals surface area contributed by atoms with Crippen molar-refractivity contribution in [2.24, 2.45) is 0 Å². The van der Waals surface area contributed by atoms with E-state index in [0.29, 0.717) is 0 Å². The van der Waals surface area contributed by atoms with E-state index in [4.69, 9.17) is 0 Å². The van der Waals surface area contributed by atoms with Gasteiger partial charge in [0, 0.05) is 10.2 Å². The molecule has 0 aromatic heterocycles. The molecule has 3 heteroatoms. The van der Waals surface area contributed by atoms with Crippen LogP contribution in [0.4, 0.5) is 0 Å². The second-order valence-corrected chi connectivity index (χ2v) is 6.99. The summed E-state index contributed by atoms with van der Waals surface area (Å²) in [7, 11) is 5.71. The lowest BCUT2D eigenvalue weighted by Gasteiger charge is -2.08. The largest absolute Gasteiger partial charge is 0.309 e. The molecule has 0 spiro atoms. The van der Waals surface area contributed by atoms with Crippen molar-refractivity contribution >= 4 is 22.6 Å². The zero-order valence-electron chi connectivity index (χ0n) is 15.0. The first-order valence-electron chi connectivity index (χ1n) is 8.83. The number of hydrogen-bond donors (Lipinski definition) is 0. The highest BCUT2D eigenvalue weighted by Gasteiger charge is 1.93. The second kappa shape index (κ2) is 24.5. The van der Waals surface area contributed by atoms with Gasteiger partial charge in [0.1, 0.15) is 0 Å². The first-order chi connectivity index (χ1) is 9.18. The summed E-state index contributed by atoms with van der Waals surface area (Å²) in [5.74, 6) is 0. The van der Waals surface area contributed by atoms with E-state index >= 15 is 0 Å². The average Bonchev–Trinajstić information content (AvgIpc) is 2.41. The van der Waals surface area contributed by atoms with Crippen LogP contribution in [-0.2, 0) is 0 Å². The third-order valence-electron chi connectivity index (χ3n) is 3.46. The highest BCUT2D eigenvalue weighted by Crippen LogP contribution is 2.10. The average molecular weight is 324 g/mol. The fourth-order valence-corrected chi connectivity index (χ4v) is 1.92. The van der Waals surface area contributed by atoms with Crippen molar-refractivity contribution in [3.63, 3.8) is 0 Å². The van der Waals surface area contributed by atoms with Crippen molar-refractivity contribution in [2.75, 3.05) is 20.6 Å². The summed E-state index contributed by atoms with van der Waals surface area (Å²) >= 11 is 0. The molecule has 20 heavy (non-hydrogen) atoms. The zero-order valence-corrected chi connectivity index (χ0v) is 17.9. The Morgan fingerprint density at radius 3 is 1.30 bits per heavy atom. The molecule has 0 aliphatic rings. The molecule has 126 valence electrons. The van der Waals surface area contributed by atoms with Gasteiger partial charge >= 0.3 is 0 Å². The second-order valence-electron chi connectivity index (χ2n) is 5.99. The van der Waals surface area contributed by atoms with Crippen LogP contribution in [0.15, 0.2) is 0 Å². The maximum absolute atomic E-state index is 2.28. The molecule has 0 bridgehead atoms. The SMILES string of the molecule is CCCCCCCCCCCCN(C)C.CCC[SiH3].Cl. The molecule has 0 aromatic carbocycles. The maximum Gasteiger partial charge on any atom is 0.00278 e. The molecular formula is C17H42ClNSi. The lowest BCUT2D eigenvalue weighted by molar-refractivity contribution is 0.389. The highest BCUT2D eigenvalue weighted by molar-refractivity contribution is 6.08. The van der Waals surface area contributed by atoms with Gasteiger partial charge in [0.2, 0.25) is 0 Å². The molecule has 0 fully saturated rings. The van der Waals surface area contributed by atoms with Gasteiger partial charge in [0.15, 0.2) is 0 Å². The summed E-state index contributed by atoms with van der Waals surface area (Å²) in [5, 5.41) is 0. The number of unbranched alkanes of at least 4 members (excludes halogenated alkanes) is 9. The quantitative estimate of drug-likeness (QED) is 0.358. The van der Waals surface area contributed by atoms with Crippen LogP contribution in [0.5, 0.6) is 0 Å². The van der Waals surface area contributed by atoms with E-state index in [1.54, 1.807) is 0 Å². The molecule has 0 aliphatic carbocycles. The van der Waals surface area contributed by atoms with Crippen LogP contribution in [0.3, 0.4) is 0 Å². The minimum absolute atomic E-state index is 0. The fourth-order valence-electron chi connectivity index (χ4n) is 1.92. The first kappa shape index (κ1) is 25.4. The van der Waals surface area contributed by atoms with Crippen molar-refractivity contribution in [1.29, 1.82) is 0 Å². The first-order valence-corrected chi connectivity index (χ1v) is 10.2. The third-order valence-corrected chi connectivity index (χ3v) is 4.46. The monoisotopic (exact) mass is 323 g/mol. The van der Waals surface area contributed by atoms with Crippen molar-refractivity contribution in [3.8, 4) is 0 Å². The molecule has 0 N–H and O–H groups in total. The summed E-state index contributed by atoms with van der Waals surface area (Å²) < 4.78 is 0. The van der Waals surface area contributed by atoms with Gasteiger partial charge in [-0.2, -0.15) is 0 Å². The third kappa shape index (κ3) is 31.1. The van der Waals surface area contributed by atoms with Gasteiger partial charge in [0.25, 0.3) is 0 Å². The predicted octanol–water partition coefficient (Wildman–Crippen LogP) is 5.07. The van der Waals surface area contributed by atoms with Crippen molar-refractivity contribution < 1.29 is 0 Å². The van der Waals surface area contributed by atoms with E-state index in [2.05, 4.69) is 32.8 Å². The number of hydrogen-bond acceptors (Lipinski definition) is 1. The molecule has 0 rings (SSSR count). The zero-order chi connectivity index (χ0) is 14.8. The molecule has 1 nitrogen and oxygen atoms in total. The van der Waals surface area contributed by atoms with Crippen LogP contribution in [0.1, 0.15) is 84.5 Å². The Balaban J connectivity index is -0.000000508. The molecule has 0 saturated carbocycles. The summed E-state index contributed by atoms with van der Waals surface area (Å²) in [6, 6.07) is 1.46. The number of halogens is 1. The van der Waals surface area contributed by atoms with Gasteiger partial charge < -0.3 is 4.90 Å². The van der Waals surface area contributed by atoms with Gasteiger partial charge in [-0.1, -0.05) is 84.1 Å². The Morgan fingerprint density at radius 2 is 1.00 bits per heavy atom. The minimum Gasteiger partial charge on any atom is -0.309 e. The van der Waals surface area contributed by atoms with Gasteiger partial charge in [-0.25, -0.2) is 0 Å². The molecule has 0 radical (unpaired) electrons. The molecule has 0 atom stereocenters. The van der Waals surface area contributed by atoms with Crippen molar-refractivity contribution in [3.05, 3.63) is 0 Å². The fraction of sp³-hybridized carbons (Fsp3) is 1.00. The molecule has 0 unspecified atom stereocenters. The summed E-state index contributed by atoms with van der Waals surface area (Å²) in [4.78, 5) is 2.28. The van der Waals surface area contributed by atoms with Crippen molar-refractivity contribution in [2.45, 2.75) is 90.5 Å². The van der Waals surface area contributed by atoms with E-state index in [-0.39, 0.29) is 12.4 Å². The van der Waals surface area contributed by atoms with E-state index in [1.165, 1.54) is 93.5 Å². The van der Waals surface area contributed by atoms with Crippen LogP contribution in [-0.4, -0.2) is 35.8 Å². The maximum atomic E-state index is 2.28. The van der Waals surface area contributed by atoms with Gasteiger partial charge in [-0.15, -0.1) is 12.4 Å². The van der Waals surface area contributed by atoms with Crippen LogP contribution >= 0.6 is 12.4 Å². The number of nitrogens with zero attached hydrogens (tertiary/aromatic N) is 1. The van der Waals surface area contributed by atoms with E-state index < -0.39 is 0 Å². The Labute approximate surface area is 139 Å². The summed E-state index contributed by atoms with van der Waals surface area (Å²) in [6.07, 6.45) is 15.7. The van der Waals surface area contributed by atoms with E-state index in [1.807, 2.05) is 0 Å². The summed E-state index contributed by atoms with van der Waals surface area (Å²) in [6.45, 7) is 5.76. The van der Waals surface area contributed by atoms with Crippen LogP contribution in [0.2, 0.25) is 6.04 Å². The molecule has 0 aromatic rings. The van der Waals surface area contributed by atoms with Gasteiger partial charge in [-0.3, -0.25) is 0 Å². The molecule has 0 amide bonds. The normalized spacial score (nSPS) is 10.1. The smallest absolute Gasteiger partial charge is 0.00278 e. The summed E-state index contributed by atoms with van der Waals surface area (Å²) in [5.41, 5.74) is 0. The minimum atomic E-state index is 0. The Bertz CT molecular complexity index is 141. The lowest BCUT2D eigenvalue weighted by atomic mass is 10.1. The Kier molecular flexibility index (Phi) is 31.1.